The van der Waals surface area contributed by atoms with Gasteiger partial charge in [-0.2, -0.15) is 0 Å². The Morgan fingerprint density at radius 3 is 2.85 bits per heavy atom. The molecule has 0 saturated heterocycles. The van der Waals surface area contributed by atoms with Gasteiger partial charge in [-0.3, -0.25) is 0 Å². The van der Waals surface area contributed by atoms with Crippen LogP contribution in [0, 0.1) is 11.7 Å². The number of aromatic amines is 1. The molecule has 0 fully saturated rings. The first-order chi connectivity index (χ1) is 12.2. The van der Waals surface area contributed by atoms with Gasteiger partial charge in [0.2, 0.25) is 0 Å². The van der Waals surface area contributed by atoms with Crippen molar-refractivity contribution < 1.29 is 18.7 Å². The van der Waals surface area contributed by atoms with E-state index in [1.807, 2.05) is 26.8 Å². The van der Waals surface area contributed by atoms with Crippen LogP contribution in [0.3, 0.4) is 0 Å². The molecule has 7 heteroatoms. The summed E-state index contributed by atoms with van der Waals surface area (Å²) in [5, 5.41) is 0. The summed E-state index contributed by atoms with van der Waals surface area (Å²) in [6.45, 7) is 5.85. The van der Waals surface area contributed by atoms with Gasteiger partial charge in [0, 0.05) is 25.9 Å². The maximum Gasteiger partial charge on any atom is 0.410 e. The quantitative estimate of drug-likeness (QED) is 0.850. The highest BCUT2D eigenvalue weighted by Gasteiger charge is 2.27. The normalized spacial score (nSPS) is 16.6. The fourth-order valence-electron chi connectivity index (χ4n) is 3.19. The minimum atomic E-state index is -0.548. The molecule has 3 rings (SSSR count). The Bertz CT molecular complexity index is 854. The van der Waals surface area contributed by atoms with Crippen LogP contribution in [0.4, 0.5) is 9.18 Å². The number of carbonyl (C=O) groups excluding carboxylic acids is 2. The number of nitrogens with zero attached hydrogens (tertiary/aromatic N) is 2. The lowest BCUT2D eigenvalue weighted by molar-refractivity contribution is -0.110. The molecular weight excluding hydrogens is 337 g/mol. The van der Waals surface area contributed by atoms with Crippen molar-refractivity contribution >= 4 is 23.4 Å². The standard InChI is InChI=1S/C19H24FN3O3/c1-19(2,3)26-18(25)23(4)6-5-15-21-14-9-12-7-11(10-24)8-13(12)16(20)17(14)22-15/h9-11H,5-8H2,1-4H3,(H,21,22). The molecule has 1 aromatic carbocycles. The van der Waals surface area contributed by atoms with Gasteiger partial charge < -0.3 is 19.4 Å². The average molecular weight is 361 g/mol. The van der Waals surface area contributed by atoms with Crippen LogP contribution in [-0.2, 0) is 28.8 Å². The number of halogens is 1. The van der Waals surface area contributed by atoms with Gasteiger partial charge in [-0.25, -0.2) is 14.2 Å². The predicted octanol–water partition coefficient (Wildman–Crippen LogP) is 3.03. The Morgan fingerprint density at radius 2 is 2.19 bits per heavy atom. The van der Waals surface area contributed by atoms with E-state index in [2.05, 4.69) is 9.97 Å². The summed E-state index contributed by atoms with van der Waals surface area (Å²) in [4.78, 5) is 31.9. The van der Waals surface area contributed by atoms with Gasteiger partial charge in [0.15, 0.2) is 5.82 Å². The summed E-state index contributed by atoms with van der Waals surface area (Å²) in [5.41, 5.74) is 1.84. The topological polar surface area (TPSA) is 75.3 Å². The van der Waals surface area contributed by atoms with Crippen LogP contribution in [0.25, 0.3) is 11.0 Å². The van der Waals surface area contributed by atoms with Crippen LogP contribution in [0.2, 0.25) is 0 Å². The highest BCUT2D eigenvalue weighted by Crippen LogP contribution is 2.32. The summed E-state index contributed by atoms with van der Waals surface area (Å²) in [6.07, 6.45) is 1.95. The Balaban J connectivity index is 1.72. The van der Waals surface area contributed by atoms with Crippen molar-refractivity contribution in [1.29, 1.82) is 0 Å². The van der Waals surface area contributed by atoms with Crippen molar-refractivity contribution in [3.8, 4) is 0 Å². The van der Waals surface area contributed by atoms with E-state index in [4.69, 9.17) is 4.74 Å². The molecule has 1 aliphatic carbocycles. The number of ether oxygens (including phenoxy) is 1. The molecule has 2 aromatic rings. The molecule has 0 spiro atoms. The van der Waals surface area contributed by atoms with Crippen LogP contribution in [-0.4, -0.2) is 46.4 Å². The Morgan fingerprint density at radius 1 is 1.46 bits per heavy atom. The number of nitrogens with one attached hydrogen (secondary N) is 1. The van der Waals surface area contributed by atoms with Gasteiger partial charge >= 0.3 is 6.09 Å². The van der Waals surface area contributed by atoms with Crippen LogP contribution in [0.15, 0.2) is 6.07 Å². The van der Waals surface area contributed by atoms with Crippen molar-refractivity contribution in [3.63, 3.8) is 0 Å². The smallest absolute Gasteiger partial charge is 0.410 e. The van der Waals surface area contributed by atoms with E-state index in [0.717, 1.165) is 11.8 Å². The lowest BCUT2D eigenvalue weighted by Gasteiger charge is -2.24. The third kappa shape index (κ3) is 3.71. The first-order valence-corrected chi connectivity index (χ1v) is 8.76. The largest absolute Gasteiger partial charge is 0.444 e. The minimum absolute atomic E-state index is 0.145. The van der Waals surface area contributed by atoms with Gasteiger partial charge in [0.1, 0.15) is 23.2 Å². The summed E-state index contributed by atoms with van der Waals surface area (Å²) in [6, 6.07) is 1.88. The molecule has 140 valence electrons. The fraction of sp³-hybridized carbons (Fsp3) is 0.526. The molecule has 1 heterocycles. The Labute approximate surface area is 151 Å². The minimum Gasteiger partial charge on any atom is -0.444 e. The second kappa shape index (κ2) is 6.70. The van der Waals surface area contributed by atoms with Crippen molar-refractivity contribution in [3.05, 3.63) is 28.8 Å². The van der Waals surface area contributed by atoms with Crippen molar-refractivity contribution in [2.24, 2.45) is 5.92 Å². The highest BCUT2D eigenvalue weighted by atomic mass is 19.1. The molecule has 1 N–H and O–H groups in total. The maximum atomic E-state index is 14.7. The number of likely N-dealkylation sites (N-methyl/N-ethyl adjacent to an activating group) is 1. The molecule has 1 unspecified atom stereocenters. The monoisotopic (exact) mass is 361 g/mol. The van der Waals surface area contributed by atoms with E-state index in [0.29, 0.717) is 48.2 Å². The summed E-state index contributed by atoms with van der Waals surface area (Å²) in [5.74, 6) is 0.128. The molecule has 0 aliphatic heterocycles. The lowest BCUT2D eigenvalue weighted by atomic mass is 10.1. The van der Waals surface area contributed by atoms with Gasteiger partial charge in [-0.1, -0.05) is 0 Å². The van der Waals surface area contributed by atoms with Crippen molar-refractivity contribution in [2.45, 2.75) is 45.6 Å². The molecule has 1 amide bonds. The molecule has 0 saturated carbocycles. The summed E-state index contributed by atoms with van der Waals surface area (Å²) in [7, 11) is 1.66. The third-order valence-corrected chi connectivity index (χ3v) is 4.49. The molecule has 1 aliphatic rings. The SMILES string of the molecule is CN(CCc1nc2c(F)c3c(cc2[nH]1)CC(C=O)C3)C(=O)OC(C)(C)C. The van der Waals surface area contributed by atoms with Gasteiger partial charge in [-0.15, -0.1) is 0 Å². The van der Waals surface area contributed by atoms with Crippen molar-refractivity contribution in [1.82, 2.24) is 14.9 Å². The van der Waals surface area contributed by atoms with E-state index in [9.17, 15) is 14.0 Å². The molecule has 6 nitrogen and oxygen atoms in total. The maximum absolute atomic E-state index is 14.7. The summed E-state index contributed by atoms with van der Waals surface area (Å²) < 4.78 is 20.0. The number of imidazole rings is 1. The van der Waals surface area contributed by atoms with E-state index in [-0.39, 0.29) is 11.7 Å². The van der Waals surface area contributed by atoms with Gasteiger partial charge in [0.25, 0.3) is 0 Å². The second-order valence-electron chi connectivity index (χ2n) is 7.86. The predicted molar refractivity (Wildman–Crippen MR) is 95.6 cm³/mol. The molecule has 0 bridgehead atoms. The van der Waals surface area contributed by atoms with E-state index in [1.54, 1.807) is 7.05 Å². The van der Waals surface area contributed by atoms with E-state index >= 15 is 0 Å². The number of benzene rings is 1. The molecule has 0 radical (unpaired) electrons. The van der Waals surface area contributed by atoms with E-state index in [1.165, 1.54) is 4.90 Å². The number of rotatable bonds is 4. The molecular formula is C19H24FN3O3. The van der Waals surface area contributed by atoms with Crippen LogP contribution in [0.1, 0.15) is 37.7 Å². The zero-order chi connectivity index (χ0) is 19.1. The number of hydrogen-bond donors (Lipinski definition) is 1. The lowest BCUT2D eigenvalue weighted by Crippen LogP contribution is -2.35. The number of aldehydes is 1. The molecule has 26 heavy (non-hydrogen) atoms. The third-order valence-electron chi connectivity index (χ3n) is 4.49. The number of H-pyrrole nitrogens is 1. The van der Waals surface area contributed by atoms with Crippen LogP contribution in [0.5, 0.6) is 0 Å². The number of hydrogen-bond acceptors (Lipinski definition) is 4. The zero-order valence-electron chi connectivity index (χ0n) is 15.6. The first-order valence-electron chi connectivity index (χ1n) is 8.76. The number of fused-ring (bicyclic) bond motifs is 2. The molecule has 1 atom stereocenters. The number of amides is 1. The van der Waals surface area contributed by atoms with Crippen molar-refractivity contribution in [2.75, 3.05) is 13.6 Å². The molecule has 1 aromatic heterocycles. The van der Waals surface area contributed by atoms with Gasteiger partial charge in [-0.05, 0) is 50.8 Å². The van der Waals surface area contributed by atoms with Crippen LogP contribution >= 0.6 is 0 Å². The number of aromatic nitrogens is 2. The first kappa shape index (κ1) is 18.4. The summed E-state index contributed by atoms with van der Waals surface area (Å²) >= 11 is 0. The Kier molecular flexibility index (Phi) is 4.73. The zero-order valence-corrected chi connectivity index (χ0v) is 15.6. The van der Waals surface area contributed by atoms with Gasteiger partial charge in [0.05, 0.1) is 5.52 Å². The van der Waals surface area contributed by atoms with Crippen LogP contribution < -0.4 is 0 Å². The average Bonchev–Trinajstić information content (AvgIpc) is 3.15. The highest BCUT2D eigenvalue weighted by molar-refractivity contribution is 5.79. The van der Waals surface area contributed by atoms with E-state index < -0.39 is 11.7 Å². The number of carbonyl (C=O) groups is 2. The fourth-order valence-corrected chi connectivity index (χ4v) is 3.19. The second-order valence-corrected chi connectivity index (χ2v) is 7.86. The Hall–Kier alpha value is -2.44.